The van der Waals surface area contributed by atoms with Gasteiger partial charge in [0.1, 0.15) is 0 Å². The van der Waals surface area contributed by atoms with Gasteiger partial charge in [0.15, 0.2) is 0 Å². The van der Waals surface area contributed by atoms with E-state index >= 15 is 0 Å². The first-order chi connectivity index (χ1) is 10.3. The molecule has 0 bridgehead atoms. The van der Waals surface area contributed by atoms with Crippen LogP contribution in [-0.4, -0.2) is 13.6 Å². The van der Waals surface area contributed by atoms with Crippen molar-refractivity contribution in [1.82, 2.24) is 0 Å². The van der Waals surface area contributed by atoms with E-state index < -0.39 is 0 Å². The summed E-state index contributed by atoms with van der Waals surface area (Å²) >= 11 is 0. The van der Waals surface area contributed by atoms with Crippen LogP contribution in [0, 0.1) is 0 Å². The summed E-state index contributed by atoms with van der Waals surface area (Å²) in [6, 6.07) is 17.1. The first kappa shape index (κ1) is 13.4. The zero-order valence-electron chi connectivity index (χ0n) is 12.3. The van der Waals surface area contributed by atoms with Crippen molar-refractivity contribution in [1.29, 1.82) is 0 Å². The summed E-state index contributed by atoms with van der Waals surface area (Å²) in [6.07, 6.45) is 8.36. The molecule has 2 aromatic rings. The van der Waals surface area contributed by atoms with E-state index in [2.05, 4.69) is 85.3 Å². The van der Waals surface area contributed by atoms with Crippen molar-refractivity contribution in [3.8, 4) is 11.1 Å². The van der Waals surface area contributed by atoms with Gasteiger partial charge in [-0.05, 0) is 28.8 Å². The maximum Gasteiger partial charge on any atom is 0.0446 e. The Kier molecular flexibility index (Phi) is 3.74. The summed E-state index contributed by atoms with van der Waals surface area (Å²) in [5.74, 6) is 0. The maximum absolute atomic E-state index is 4.22. The zero-order chi connectivity index (χ0) is 14.7. The molecule has 0 fully saturated rings. The van der Waals surface area contributed by atoms with Crippen molar-refractivity contribution in [3.05, 3.63) is 85.0 Å². The lowest BCUT2D eigenvalue weighted by atomic mass is 9.97. The molecule has 0 amide bonds. The first-order valence-electron chi connectivity index (χ1n) is 7.19. The molecule has 0 aliphatic carbocycles. The second kappa shape index (κ2) is 5.84. The number of rotatable bonds is 1. The van der Waals surface area contributed by atoms with Crippen molar-refractivity contribution in [3.63, 3.8) is 0 Å². The van der Waals surface area contributed by atoms with E-state index in [4.69, 9.17) is 0 Å². The van der Waals surface area contributed by atoms with E-state index in [1.54, 1.807) is 0 Å². The van der Waals surface area contributed by atoms with Gasteiger partial charge in [0.2, 0.25) is 0 Å². The quantitative estimate of drug-likeness (QED) is 0.712. The number of fused-ring (bicyclic) bond motifs is 1. The van der Waals surface area contributed by atoms with Crippen LogP contribution in [0.3, 0.4) is 0 Å². The Morgan fingerprint density at radius 2 is 1.76 bits per heavy atom. The van der Waals surface area contributed by atoms with E-state index in [0.717, 1.165) is 12.1 Å². The number of likely N-dealkylation sites (N-methyl/N-ethyl adjacent to an activating group) is 1. The molecule has 0 spiro atoms. The molecule has 0 saturated carbocycles. The summed E-state index contributed by atoms with van der Waals surface area (Å²) in [4.78, 5) is 2.25. The molecule has 0 radical (unpaired) electrons. The molecule has 0 aromatic heterocycles. The van der Waals surface area contributed by atoms with E-state index in [1.165, 1.54) is 22.4 Å². The van der Waals surface area contributed by atoms with Crippen LogP contribution in [0.2, 0.25) is 0 Å². The van der Waals surface area contributed by atoms with Gasteiger partial charge in [-0.1, -0.05) is 67.3 Å². The largest absolute Gasteiger partial charge is 0.370 e. The Balaban J connectivity index is 2.11. The molecule has 1 heterocycles. The third kappa shape index (κ3) is 2.82. The highest BCUT2D eigenvalue weighted by atomic mass is 15.1. The Hall–Kier alpha value is -2.54. The summed E-state index contributed by atoms with van der Waals surface area (Å²) in [6.45, 7) is 5.12. The van der Waals surface area contributed by atoms with Gasteiger partial charge in [0.25, 0.3) is 0 Å². The lowest BCUT2D eigenvalue weighted by Crippen LogP contribution is -2.18. The van der Waals surface area contributed by atoms with Gasteiger partial charge in [-0.15, -0.1) is 0 Å². The average molecular weight is 273 g/mol. The minimum absolute atomic E-state index is 0.898. The third-order valence-electron chi connectivity index (χ3n) is 3.78. The van der Waals surface area contributed by atoms with Crippen LogP contribution in [0.1, 0.15) is 5.56 Å². The summed E-state index contributed by atoms with van der Waals surface area (Å²) in [7, 11) is 2.12. The second-order valence-electron chi connectivity index (χ2n) is 5.29. The molecule has 1 aliphatic rings. The van der Waals surface area contributed by atoms with E-state index in [-0.39, 0.29) is 0 Å². The fraction of sp³-hybridized carbons (Fsp3) is 0.100. The predicted octanol–water partition coefficient (Wildman–Crippen LogP) is 4.93. The van der Waals surface area contributed by atoms with Gasteiger partial charge in [-0.3, -0.25) is 0 Å². The van der Waals surface area contributed by atoms with Crippen molar-refractivity contribution in [2.45, 2.75) is 0 Å². The summed E-state index contributed by atoms with van der Waals surface area (Å²) in [5, 5.41) is 0. The van der Waals surface area contributed by atoms with Crippen LogP contribution >= 0.6 is 0 Å². The fourth-order valence-electron chi connectivity index (χ4n) is 2.59. The monoisotopic (exact) mass is 273 g/mol. The van der Waals surface area contributed by atoms with Gasteiger partial charge in [-0.25, -0.2) is 0 Å². The Bertz CT molecular complexity index is 708. The minimum atomic E-state index is 0.898. The molecule has 0 N–H and O–H groups in total. The molecule has 2 aromatic carbocycles. The normalized spacial score (nSPS) is 17.4. The molecular formula is C20H19N. The summed E-state index contributed by atoms with van der Waals surface area (Å²) in [5.41, 5.74) is 5.91. The number of anilines is 1. The zero-order valence-corrected chi connectivity index (χ0v) is 12.3. The van der Waals surface area contributed by atoms with Gasteiger partial charge >= 0.3 is 0 Å². The first-order valence-corrected chi connectivity index (χ1v) is 7.19. The smallest absolute Gasteiger partial charge is 0.0446 e. The van der Waals surface area contributed by atoms with E-state index in [9.17, 15) is 0 Å². The molecule has 21 heavy (non-hydrogen) atoms. The molecule has 0 atom stereocenters. The Morgan fingerprint density at radius 3 is 2.57 bits per heavy atom. The van der Waals surface area contributed by atoms with Crippen LogP contribution in [0.25, 0.3) is 16.7 Å². The molecule has 1 aliphatic heterocycles. The van der Waals surface area contributed by atoms with Crippen molar-refractivity contribution < 1.29 is 0 Å². The van der Waals surface area contributed by atoms with E-state index in [0.29, 0.717) is 0 Å². The highest BCUT2D eigenvalue weighted by molar-refractivity contribution is 5.85. The molecule has 0 saturated heterocycles. The van der Waals surface area contributed by atoms with Gasteiger partial charge in [0.05, 0.1) is 0 Å². The molecular weight excluding hydrogens is 254 g/mol. The predicted molar refractivity (Wildman–Crippen MR) is 92.5 cm³/mol. The van der Waals surface area contributed by atoms with Crippen LogP contribution in [0.15, 0.2) is 79.4 Å². The molecule has 1 nitrogen and oxygen atoms in total. The van der Waals surface area contributed by atoms with Crippen LogP contribution in [-0.2, 0) is 0 Å². The molecule has 104 valence electrons. The van der Waals surface area contributed by atoms with Gasteiger partial charge < -0.3 is 4.90 Å². The number of hydrogen-bond donors (Lipinski definition) is 0. The number of allylic oxidation sites excluding steroid dienone is 4. The molecule has 1 heteroatoms. The number of hydrogen-bond acceptors (Lipinski definition) is 1. The van der Waals surface area contributed by atoms with Crippen LogP contribution in [0.5, 0.6) is 0 Å². The summed E-state index contributed by atoms with van der Waals surface area (Å²) < 4.78 is 0. The van der Waals surface area contributed by atoms with Crippen LogP contribution < -0.4 is 4.90 Å². The van der Waals surface area contributed by atoms with Crippen molar-refractivity contribution in [2.24, 2.45) is 0 Å². The molecule has 3 rings (SSSR count). The highest BCUT2D eigenvalue weighted by Gasteiger charge is 2.11. The van der Waals surface area contributed by atoms with Gasteiger partial charge in [-0.2, -0.15) is 0 Å². The minimum Gasteiger partial charge on any atom is -0.370 e. The average Bonchev–Trinajstić information content (AvgIpc) is 2.60. The number of nitrogens with zero attached hydrogens (tertiary/aromatic N) is 1. The topological polar surface area (TPSA) is 3.24 Å². The third-order valence-corrected chi connectivity index (χ3v) is 3.78. The van der Waals surface area contributed by atoms with Crippen molar-refractivity contribution >= 4 is 11.3 Å². The lowest BCUT2D eigenvalue weighted by molar-refractivity contribution is 1.03. The lowest BCUT2D eigenvalue weighted by Gasteiger charge is -2.22. The SMILES string of the molecule is C=C1/C=C\C=C/CN(C)c2ccc(-c3ccccc3)cc21. The van der Waals surface area contributed by atoms with Crippen molar-refractivity contribution in [2.75, 3.05) is 18.5 Å². The van der Waals surface area contributed by atoms with Crippen LogP contribution in [0.4, 0.5) is 5.69 Å². The van der Waals surface area contributed by atoms with E-state index in [1.807, 2.05) is 6.07 Å². The Labute approximate surface area is 126 Å². The Morgan fingerprint density at radius 1 is 0.952 bits per heavy atom. The highest BCUT2D eigenvalue weighted by Crippen LogP contribution is 2.32. The fourth-order valence-corrected chi connectivity index (χ4v) is 2.59. The standard InChI is InChI=1S/C20H19N/c1-16-9-5-4-8-14-21(2)20-13-12-18(15-19(16)20)17-10-6-3-7-11-17/h3-13,15H,1,14H2,2H3/b8-4-,9-5-. The second-order valence-corrected chi connectivity index (χ2v) is 5.29. The van der Waals surface area contributed by atoms with Gasteiger partial charge in [0, 0.05) is 24.8 Å². The maximum atomic E-state index is 4.22. The molecule has 0 unspecified atom stereocenters. The number of benzene rings is 2.